The zero-order valence-electron chi connectivity index (χ0n) is 13.3. The van der Waals surface area contributed by atoms with Crippen LogP contribution in [-0.4, -0.2) is 37.5 Å². The van der Waals surface area contributed by atoms with Crippen LogP contribution in [0.1, 0.15) is 59.8 Å². The molecule has 1 unspecified atom stereocenters. The van der Waals surface area contributed by atoms with Crippen molar-refractivity contribution in [3.63, 3.8) is 0 Å². The van der Waals surface area contributed by atoms with Gasteiger partial charge in [0.05, 0.1) is 17.8 Å². The van der Waals surface area contributed by atoms with Crippen molar-refractivity contribution in [2.45, 2.75) is 71.0 Å². The fourth-order valence-corrected chi connectivity index (χ4v) is 1.87. The van der Waals surface area contributed by atoms with E-state index in [2.05, 4.69) is 27.7 Å². The van der Waals surface area contributed by atoms with Crippen LogP contribution in [0.15, 0.2) is 0 Å². The lowest BCUT2D eigenvalue weighted by Gasteiger charge is -2.31. The molecule has 4 heteroatoms. The van der Waals surface area contributed by atoms with Crippen molar-refractivity contribution >= 4 is 0 Å². The highest BCUT2D eigenvalue weighted by Gasteiger charge is 2.24. The Morgan fingerprint density at radius 3 is 2.00 bits per heavy atom. The SMILES string of the molecule is CCC(C)(CCCN)OCCC(C)(C)OCCCN. The van der Waals surface area contributed by atoms with Crippen LogP contribution in [0.5, 0.6) is 0 Å². The highest BCUT2D eigenvalue weighted by molar-refractivity contribution is 4.75. The summed E-state index contributed by atoms with van der Waals surface area (Å²) in [5.41, 5.74) is 10.8. The van der Waals surface area contributed by atoms with Gasteiger partial charge in [-0.25, -0.2) is 0 Å². The van der Waals surface area contributed by atoms with E-state index in [0.29, 0.717) is 6.54 Å². The Morgan fingerprint density at radius 1 is 0.842 bits per heavy atom. The number of nitrogens with two attached hydrogens (primary N) is 2. The quantitative estimate of drug-likeness (QED) is 0.536. The first-order chi connectivity index (χ1) is 8.89. The summed E-state index contributed by atoms with van der Waals surface area (Å²) < 4.78 is 11.9. The Kier molecular flexibility index (Phi) is 9.62. The van der Waals surface area contributed by atoms with E-state index >= 15 is 0 Å². The molecule has 0 aliphatic rings. The van der Waals surface area contributed by atoms with E-state index in [1.54, 1.807) is 0 Å². The van der Waals surface area contributed by atoms with Gasteiger partial charge in [0.25, 0.3) is 0 Å². The molecule has 4 N–H and O–H groups in total. The van der Waals surface area contributed by atoms with E-state index in [4.69, 9.17) is 20.9 Å². The summed E-state index contributed by atoms with van der Waals surface area (Å²) in [6.45, 7) is 11.4. The molecule has 0 aliphatic carbocycles. The average Bonchev–Trinajstić information content (AvgIpc) is 2.36. The van der Waals surface area contributed by atoms with Crippen LogP contribution >= 0.6 is 0 Å². The van der Waals surface area contributed by atoms with Gasteiger partial charge in [0.15, 0.2) is 0 Å². The summed E-state index contributed by atoms with van der Waals surface area (Å²) in [5, 5.41) is 0. The second kappa shape index (κ2) is 9.70. The normalized spacial score (nSPS) is 15.5. The molecule has 0 aliphatic heterocycles. The lowest BCUT2D eigenvalue weighted by atomic mass is 9.96. The van der Waals surface area contributed by atoms with Crippen LogP contribution in [0.2, 0.25) is 0 Å². The van der Waals surface area contributed by atoms with Crippen LogP contribution in [0.3, 0.4) is 0 Å². The minimum absolute atomic E-state index is 0.0489. The summed E-state index contributed by atoms with van der Waals surface area (Å²) in [6.07, 6.45) is 4.86. The maximum atomic E-state index is 6.06. The molecule has 0 rings (SSSR count). The Bertz CT molecular complexity index is 222. The minimum Gasteiger partial charge on any atom is -0.375 e. The molecular weight excluding hydrogens is 240 g/mol. The number of hydrogen-bond acceptors (Lipinski definition) is 4. The van der Waals surface area contributed by atoms with Crippen LogP contribution in [0, 0.1) is 0 Å². The molecule has 0 aromatic rings. The van der Waals surface area contributed by atoms with Crippen molar-refractivity contribution in [2.24, 2.45) is 11.5 Å². The summed E-state index contributed by atoms with van der Waals surface area (Å²) >= 11 is 0. The largest absolute Gasteiger partial charge is 0.375 e. The Hall–Kier alpha value is -0.160. The van der Waals surface area contributed by atoms with E-state index in [1.165, 1.54) is 0 Å². The summed E-state index contributed by atoms with van der Waals surface area (Å²) in [4.78, 5) is 0. The first-order valence-electron chi connectivity index (χ1n) is 7.57. The number of hydrogen-bond donors (Lipinski definition) is 2. The van der Waals surface area contributed by atoms with Gasteiger partial charge < -0.3 is 20.9 Å². The molecule has 0 spiro atoms. The van der Waals surface area contributed by atoms with Crippen molar-refractivity contribution in [1.82, 2.24) is 0 Å². The highest BCUT2D eigenvalue weighted by atomic mass is 16.5. The molecule has 0 bridgehead atoms. The van der Waals surface area contributed by atoms with Gasteiger partial charge in [0, 0.05) is 6.61 Å². The molecule has 0 amide bonds. The maximum Gasteiger partial charge on any atom is 0.0652 e. The third-order valence-electron chi connectivity index (χ3n) is 3.65. The Morgan fingerprint density at radius 2 is 1.47 bits per heavy atom. The molecule has 0 heterocycles. The van der Waals surface area contributed by atoms with E-state index < -0.39 is 0 Å². The molecule has 0 saturated heterocycles. The zero-order valence-corrected chi connectivity index (χ0v) is 13.3. The fourth-order valence-electron chi connectivity index (χ4n) is 1.87. The van der Waals surface area contributed by atoms with Gasteiger partial charge in [-0.3, -0.25) is 0 Å². The molecular formula is C15H34N2O2. The van der Waals surface area contributed by atoms with Crippen molar-refractivity contribution in [3.8, 4) is 0 Å². The second-order valence-electron chi connectivity index (χ2n) is 6.04. The first-order valence-corrected chi connectivity index (χ1v) is 7.57. The molecule has 0 aromatic heterocycles. The third kappa shape index (κ3) is 9.38. The van der Waals surface area contributed by atoms with E-state index in [9.17, 15) is 0 Å². The minimum atomic E-state index is -0.141. The zero-order chi connectivity index (χ0) is 14.8. The third-order valence-corrected chi connectivity index (χ3v) is 3.65. The van der Waals surface area contributed by atoms with Crippen LogP contribution in [0.4, 0.5) is 0 Å². The topological polar surface area (TPSA) is 70.5 Å². The smallest absolute Gasteiger partial charge is 0.0652 e. The molecule has 19 heavy (non-hydrogen) atoms. The molecule has 0 saturated carbocycles. The highest BCUT2D eigenvalue weighted by Crippen LogP contribution is 2.23. The molecule has 0 radical (unpaired) electrons. The molecule has 4 nitrogen and oxygen atoms in total. The lowest BCUT2D eigenvalue weighted by Crippen LogP contribution is -2.33. The predicted molar refractivity (Wildman–Crippen MR) is 81.3 cm³/mol. The van der Waals surface area contributed by atoms with Gasteiger partial charge in [-0.1, -0.05) is 6.92 Å². The maximum absolute atomic E-state index is 6.06. The monoisotopic (exact) mass is 274 g/mol. The first kappa shape index (κ1) is 18.8. The Balaban J connectivity index is 3.96. The van der Waals surface area contributed by atoms with Crippen molar-refractivity contribution in [2.75, 3.05) is 26.3 Å². The molecule has 1 atom stereocenters. The van der Waals surface area contributed by atoms with Gasteiger partial charge in [0.1, 0.15) is 0 Å². The van der Waals surface area contributed by atoms with Gasteiger partial charge in [-0.2, -0.15) is 0 Å². The summed E-state index contributed by atoms with van der Waals surface area (Å²) in [5.74, 6) is 0. The average molecular weight is 274 g/mol. The lowest BCUT2D eigenvalue weighted by molar-refractivity contribution is -0.0826. The fraction of sp³-hybridized carbons (Fsp3) is 1.00. The van der Waals surface area contributed by atoms with Gasteiger partial charge in [-0.15, -0.1) is 0 Å². The van der Waals surface area contributed by atoms with Gasteiger partial charge >= 0.3 is 0 Å². The van der Waals surface area contributed by atoms with E-state index in [1.807, 2.05) is 0 Å². The number of rotatable bonds is 12. The molecule has 0 fully saturated rings. The van der Waals surface area contributed by atoms with Crippen molar-refractivity contribution in [1.29, 1.82) is 0 Å². The second-order valence-corrected chi connectivity index (χ2v) is 6.04. The van der Waals surface area contributed by atoms with Crippen molar-refractivity contribution in [3.05, 3.63) is 0 Å². The van der Waals surface area contributed by atoms with E-state index in [-0.39, 0.29) is 11.2 Å². The van der Waals surface area contributed by atoms with E-state index in [0.717, 1.165) is 51.9 Å². The standard InChI is InChI=1S/C15H34N2O2/c1-5-15(4,8-6-10-16)19-13-9-14(2,3)18-12-7-11-17/h5-13,16-17H2,1-4H3. The summed E-state index contributed by atoms with van der Waals surface area (Å²) in [7, 11) is 0. The Labute approximate surface area is 119 Å². The van der Waals surface area contributed by atoms with Gasteiger partial charge in [-0.05, 0) is 66.0 Å². The van der Waals surface area contributed by atoms with Crippen LogP contribution in [0.25, 0.3) is 0 Å². The predicted octanol–water partition coefficient (Wildman–Crippen LogP) is 2.44. The summed E-state index contributed by atoms with van der Waals surface area (Å²) in [6, 6.07) is 0. The van der Waals surface area contributed by atoms with Crippen LogP contribution in [-0.2, 0) is 9.47 Å². The van der Waals surface area contributed by atoms with Gasteiger partial charge in [0.2, 0.25) is 0 Å². The molecule has 116 valence electrons. The van der Waals surface area contributed by atoms with Crippen molar-refractivity contribution < 1.29 is 9.47 Å². The molecule has 0 aromatic carbocycles. The van der Waals surface area contributed by atoms with Crippen LogP contribution < -0.4 is 11.5 Å². The number of ether oxygens (including phenoxy) is 2.